The van der Waals surface area contributed by atoms with Crippen molar-refractivity contribution in [1.82, 2.24) is 5.32 Å². The minimum Gasteiger partial charge on any atom is -0.340 e. The maximum Gasteiger partial charge on any atom is 0.227 e. The molecular weight excluding hydrogens is 326 g/mol. The van der Waals surface area contributed by atoms with Crippen molar-refractivity contribution in [3.8, 4) is 0 Å². The number of rotatable bonds is 13. The number of benzene rings is 1. The van der Waals surface area contributed by atoms with Gasteiger partial charge in [0.25, 0.3) is 0 Å². The molecule has 1 aromatic rings. The lowest BCUT2D eigenvalue weighted by Crippen LogP contribution is -2.40. The third-order valence-corrected chi connectivity index (χ3v) is 5.92. The second kappa shape index (κ2) is 12.4. The molecule has 0 spiro atoms. The molecule has 2 atom stereocenters. The molecule has 2 unspecified atom stereocenters. The number of hydrogen-bond donors (Lipinski definition) is 1. The molecule has 0 aliphatic carbocycles. The fraction of sp³-hybridized carbons (Fsp3) is 0.682. The molecule has 25 heavy (non-hydrogen) atoms. The van der Waals surface area contributed by atoms with E-state index in [1.165, 1.54) is 31.2 Å². The first kappa shape index (κ1) is 22.1. The van der Waals surface area contributed by atoms with Gasteiger partial charge in [-0.3, -0.25) is 4.79 Å². The highest BCUT2D eigenvalue weighted by Gasteiger charge is 2.33. The fourth-order valence-corrected chi connectivity index (χ4v) is 3.89. The third-order valence-electron chi connectivity index (χ3n) is 5.06. The number of thioether (sulfide) groups is 1. The summed E-state index contributed by atoms with van der Waals surface area (Å²) in [7, 11) is 0. The Morgan fingerprint density at radius 2 is 1.60 bits per heavy atom. The van der Waals surface area contributed by atoms with Crippen LogP contribution in [0.3, 0.4) is 0 Å². The molecule has 1 amide bonds. The predicted octanol–water partition coefficient (Wildman–Crippen LogP) is 6.72. The van der Waals surface area contributed by atoms with Crippen molar-refractivity contribution >= 4 is 17.7 Å². The van der Waals surface area contributed by atoms with Crippen LogP contribution in [0, 0.1) is 5.41 Å². The van der Waals surface area contributed by atoms with E-state index < -0.39 is 0 Å². The molecule has 0 saturated heterocycles. The second-order valence-corrected chi connectivity index (χ2v) is 8.27. The summed E-state index contributed by atoms with van der Waals surface area (Å²) in [6.07, 6.45) is 12.6. The molecule has 0 aliphatic rings. The van der Waals surface area contributed by atoms with Crippen molar-refractivity contribution in [1.29, 1.82) is 0 Å². The van der Waals surface area contributed by atoms with Gasteiger partial charge in [-0.15, -0.1) is 11.8 Å². The first-order valence-corrected chi connectivity index (χ1v) is 11.2. The highest BCUT2D eigenvalue weighted by Crippen LogP contribution is 2.33. The standard InChI is InChI=1S/C22H37NOS/c1-5-7-9-10-14-18-22(3,17-8-6-2)21(24)23-20(25-4)19-15-12-11-13-16-19/h11-13,15-16,20H,5-10,14,17-18H2,1-4H3,(H,23,24). The number of hydrogen-bond acceptors (Lipinski definition) is 2. The van der Waals surface area contributed by atoms with Gasteiger partial charge in [-0.2, -0.15) is 0 Å². The second-order valence-electron chi connectivity index (χ2n) is 7.33. The summed E-state index contributed by atoms with van der Waals surface area (Å²) in [5.74, 6) is 0.222. The van der Waals surface area contributed by atoms with Gasteiger partial charge >= 0.3 is 0 Å². The molecule has 2 nitrogen and oxygen atoms in total. The zero-order valence-electron chi connectivity index (χ0n) is 16.6. The van der Waals surface area contributed by atoms with Crippen LogP contribution in [0.25, 0.3) is 0 Å². The molecule has 0 aliphatic heterocycles. The summed E-state index contributed by atoms with van der Waals surface area (Å²) in [6.45, 7) is 6.61. The summed E-state index contributed by atoms with van der Waals surface area (Å²) >= 11 is 1.69. The molecule has 1 aromatic carbocycles. The topological polar surface area (TPSA) is 29.1 Å². The van der Waals surface area contributed by atoms with Crippen molar-refractivity contribution in [2.75, 3.05) is 6.26 Å². The van der Waals surface area contributed by atoms with Gasteiger partial charge < -0.3 is 5.32 Å². The molecule has 0 bridgehead atoms. The number of carbonyl (C=O) groups excluding carboxylic acids is 1. The van der Waals surface area contributed by atoms with Gasteiger partial charge in [-0.1, -0.05) is 96.0 Å². The summed E-state index contributed by atoms with van der Waals surface area (Å²) in [5, 5.41) is 3.35. The van der Waals surface area contributed by atoms with E-state index in [0.29, 0.717) is 0 Å². The SMILES string of the molecule is CCCCCCCC(C)(CCCC)C(=O)NC(SC)c1ccccc1. The lowest BCUT2D eigenvalue weighted by molar-refractivity contribution is -0.131. The van der Waals surface area contributed by atoms with Crippen LogP contribution < -0.4 is 5.32 Å². The van der Waals surface area contributed by atoms with E-state index in [1.807, 2.05) is 18.2 Å². The molecule has 3 heteroatoms. The highest BCUT2D eigenvalue weighted by molar-refractivity contribution is 7.98. The molecule has 1 N–H and O–H groups in total. The first-order valence-electron chi connectivity index (χ1n) is 9.96. The van der Waals surface area contributed by atoms with Crippen LogP contribution in [0.2, 0.25) is 0 Å². The van der Waals surface area contributed by atoms with Crippen molar-refractivity contribution in [2.24, 2.45) is 5.41 Å². The average Bonchev–Trinajstić information content (AvgIpc) is 2.64. The Labute approximate surface area is 159 Å². The van der Waals surface area contributed by atoms with Gasteiger partial charge in [0, 0.05) is 5.41 Å². The Balaban J connectivity index is 2.70. The summed E-state index contributed by atoms with van der Waals surface area (Å²) < 4.78 is 0. The van der Waals surface area contributed by atoms with Crippen molar-refractivity contribution < 1.29 is 4.79 Å². The van der Waals surface area contributed by atoms with Crippen LogP contribution in [0.1, 0.15) is 89.5 Å². The van der Waals surface area contributed by atoms with Gasteiger partial charge in [-0.05, 0) is 24.7 Å². The quantitative estimate of drug-likeness (QED) is 0.311. The molecular formula is C22H37NOS. The van der Waals surface area contributed by atoms with E-state index in [-0.39, 0.29) is 16.7 Å². The van der Waals surface area contributed by atoms with E-state index in [4.69, 9.17) is 0 Å². The normalized spacial score (nSPS) is 14.7. The Morgan fingerprint density at radius 1 is 1.00 bits per heavy atom. The van der Waals surface area contributed by atoms with Gasteiger partial charge in [0.15, 0.2) is 0 Å². The zero-order chi connectivity index (χ0) is 18.5. The van der Waals surface area contributed by atoms with Crippen molar-refractivity contribution in [3.05, 3.63) is 35.9 Å². The first-order chi connectivity index (χ1) is 12.1. The monoisotopic (exact) mass is 363 g/mol. The van der Waals surface area contributed by atoms with Gasteiger partial charge in [0.2, 0.25) is 5.91 Å². The van der Waals surface area contributed by atoms with E-state index in [1.54, 1.807) is 11.8 Å². The molecule has 0 saturated carbocycles. The Kier molecular flexibility index (Phi) is 11.0. The van der Waals surface area contributed by atoms with E-state index in [0.717, 1.165) is 32.1 Å². The maximum atomic E-state index is 13.1. The van der Waals surface area contributed by atoms with Crippen LogP contribution in [-0.2, 0) is 4.79 Å². The predicted molar refractivity (Wildman–Crippen MR) is 112 cm³/mol. The smallest absolute Gasteiger partial charge is 0.227 e. The molecule has 0 aromatic heterocycles. The van der Waals surface area contributed by atoms with E-state index in [2.05, 4.69) is 44.5 Å². The molecule has 142 valence electrons. The Morgan fingerprint density at radius 3 is 2.20 bits per heavy atom. The van der Waals surface area contributed by atoms with Crippen molar-refractivity contribution in [2.45, 2.75) is 83.9 Å². The van der Waals surface area contributed by atoms with Crippen LogP contribution in [-0.4, -0.2) is 12.2 Å². The van der Waals surface area contributed by atoms with Crippen LogP contribution >= 0.6 is 11.8 Å². The van der Waals surface area contributed by atoms with Crippen LogP contribution in [0.4, 0.5) is 0 Å². The van der Waals surface area contributed by atoms with Crippen LogP contribution in [0.15, 0.2) is 30.3 Å². The van der Waals surface area contributed by atoms with E-state index >= 15 is 0 Å². The van der Waals surface area contributed by atoms with Crippen molar-refractivity contribution in [3.63, 3.8) is 0 Å². The highest BCUT2D eigenvalue weighted by atomic mass is 32.2. The lowest BCUT2D eigenvalue weighted by Gasteiger charge is -2.31. The molecule has 1 rings (SSSR count). The van der Waals surface area contributed by atoms with E-state index in [9.17, 15) is 4.79 Å². The van der Waals surface area contributed by atoms with Gasteiger partial charge in [-0.25, -0.2) is 0 Å². The maximum absolute atomic E-state index is 13.1. The number of carbonyl (C=O) groups is 1. The Bertz CT molecular complexity index is 476. The zero-order valence-corrected chi connectivity index (χ0v) is 17.5. The number of amides is 1. The number of unbranched alkanes of at least 4 members (excludes halogenated alkanes) is 5. The van der Waals surface area contributed by atoms with Gasteiger partial charge in [0.1, 0.15) is 5.37 Å². The minimum atomic E-state index is -0.245. The van der Waals surface area contributed by atoms with Crippen LogP contribution in [0.5, 0.6) is 0 Å². The molecule has 0 radical (unpaired) electrons. The summed E-state index contributed by atoms with van der Waals surface area (Å²) in [5.41, 5.74) is 0.925. The molecule has 0 fully saturated rings. The number of nitrogens with one attached hydrogen (secondary N) is 1. The lowest BCUT2D eigenvalue weighted by atomic mass is 9.79. The fourth-order valence-electron chi connectivity index (χ4n) is 3.24. The minimum absolute atomic E-state index is 0.0368. The average molecular weight is 364 g/mol. The summed E-state index contributed by atoms with van der Waals surface area (Å²) in [4.78, 5) is 13.1. The van der Waals surface area contributed by atoms with Gasteiger partial charge in [0.05, 0.1) is 0 Å². The third kappa shape index (κ3) is 7.85. The molecule has 0 heterocycles. The Hall–Kier alpha value is -0.960. The summed E-state index contributed by atoms with van der Waals surface area (Å²) in [6, 6.07) is 10.3. The largest absolute Gasteiger partial charge is 0.340 e.